The lowest BCUT2D eigenvalue weighted by molar-refractivity contribution is -0.153. The van der Waals surface area contributed by atoms with Crippen LogP contribution in [0.15, 0.2) is 0 Å². The van der Waals surface area contributed by atoms with E-state index in [-0.39, 0.29) is 13.2 Å². The Labute approximate surface area is 72.2 Å². The van der Waals surface area contributed by atoms with Crippen LogP contribution in [0.5, 0.6) is 0 Å². The molecular weight excluding hydrogens is 160 g/mol. The summed E-state index contributed by atoms with van der Waals surface area (Å²) in [4.78, 5) is 10.8. The molecule has 0 saturated carbocycles. The van der Waals surface area contributed by atoms with Gasteiger partial charge in [0.2, 0.25) is 0 Å². The largest absolute Gasteiger partial charge is 0.464 e. The van der Waals surface area contributed by atoms with E-state index in [0.29, 0.717) is 19.3 Å². The van der Waals surface area contributed by atoms with Crippen LogP contribution in [0.25, 0.3) is 0 Å². The Morgan fingerprint density at radius 2 is 2.17 bits per heavy atom. The zero-order valence-corrected chi connectivity index (χ0v) is 7.32. The zero-order chi connectivity index (χ0) is 9.40. The molecule has 4 nitrogen and oxygen atoms in total. The van der Waals surface area contributed by atoms with Crippen molar-refractivity contribution in [3.63, 3.8) is 0 Å². The summed E-state index contributed by atoms with van der Waals surface area (Å²) in [5, 5.41) is 17.4. The van der Waals surface area contributed by atoms with Gasteiger partial charge in [-0.2, -0.15) is 0 Å². The molecule has 0 aromatic carbocycles. The molecule has 0 aliphatic carbocycles. The highest BCUT2D eigenvalue weighted by Crippen LogP contribution is 1.95. The molecule has 2 N–H and O–H groups in total. The van der Waals surface area contributed by atoms with Gasteiger partial charge in [-0.3, -0.25) is 0 Å². The average Bonchev–Trinajstić information content (AvgIpc) is 2.10. The summed E-state index contributed by atoms with van der Waals surface area (Å²) in [5.74, 6) is -0.574. The first-order chi connectivity index (χ1) is 5.72. The van der Waals surface area contributed by atoms with Crippen LogP contribution in [0.1, 0.15) is 26.2 Å². The Bertz CT molecular complexity index is 124. The highest BCUT2D eigenvalue weighted by atomic mass is 16.5. The second-order valence-corrected chi connectivity index (χ2v) is 2.52. The number of rotatable bonds is 6. The van der Waals surface area contributed by atoms with E-state index in [9.17, 15) is 4.79 Å². The van der Waals surface area contributed by atoms with Crippen LogP contribution in [-0.4, -0.2) is 35.5 Å². The molecule has 0 aromatic rings. The minimum absolute atomic E-state index is 0.105. The molecule has 1 atom stereocenters. The third-order valence-electron chi connectivity index (χ3n) is 1.46. The van der Waals surface area contributed by atoms with Crippen molar-refractivity contribution < 1.29 is 19.7 Å². The van der Waals surface area contributed by atoms with Crippen LogP contribution in [0.3, 0.4) is 0 Å². The molecule has 0 aliphatic heterocycles. The lowest BCUT2D eigenvalue weighted by Crippen LogP contribution is -2.22. The van der Waals surface area contributed by atoms with Gasteiger partial charge >= 0.3 is 5.97 Å². The lowest BCUT2D eigenvalue weighted by Gasteiger charge is -2.07. The smallest absolute Gasteiger partial charge is 0.334 e. The van der Waals surface area contributed by atoms with Crippen LogP contribution in [0.4, 0.5) is 0 Å². The topological polar surface area (TPSA) is 66.8 Å². The van der Waals surface area contributed by atoms with Crippen molar-refractivity contribution in [2.24, 2.45) is 0 Å². The third-order valence-corrected chi connectivity index (χ3v) is 1.46. The molecule has 0 radical (unpaired) electrons. The van der Waals surface area contributed by atoms with Crippen LogP contribution < -0.4 is 0 Å². The van der Waals surface area contributed by atoms with Crippen molar-refractivity contribution in [1.29, 1.82) is 0 Å². The molecule has 72 valence electrons. The number of carbonyl (C=O) groups excluding carboxylic acids is 1. The van der Waals surface area contributed by atoms with Crippen LogP contribution >= 0.6 is 0 Å². The standard InChI is InChI=1S/C8H16O4/c1-2-7(10)8(11)12-6-4-3-5-9/h7,9-10H,2-6H2,1H3. The normalized spacial score (nSPS) is 12.6. The molecule has 0 aromatic heterocycles. The summed E-state index contributed by atoms with van der Waals surface area (Å²) < 4.78 is 4.70. The molecule has 0 spiro atoms. The molecule has 0 fully saturated rings. The first-order valence-electron chi connectivity index (χ1n) is 4.18. The van der Waals surface area contributed by atoms with Gasteiger partial charge in [0.05, 0.1) is 6.61 Å². The van der Waals surface area contributed by atoms with E-state index in [1.807, 2.05) is 0 Å². The minimum atomic E-state index is -1.00. The lowest BCUT2D eigenvalue weighted by atomic mass is 10.3. The molecular formula is C8H16O4. The van der Waals surface area contributed by atoms with Gasteiger partial charge < -0.3 is 14.9 Å². The second-order valence-electron chi connectivity index (χ2n) is 2.52. The summed E-state index contributed by atoms with van der Waals surface area (Å²) in [6, 6.07) is 0. The van der Waals surface area contributed by atoms with E-state index in [1.54, 1.807) is 6.92 Å². The third kappa shape index (κ3) is 5.09. The van der Waals surface area contributed by atoms with Crippen LogP contribution in [0.2, 0.25) is 0 Å². The first kappa shape index (κ1) is 11.4. The van der Waals surface area contributed by atoms with Crippen molar-refractivity contribution in [3.8, 4) is 0 Å². The van der Waals surface area contributed by atoms with Gasteiger partial charge in [0.15, 0.2) is 6.10 Å². The highest BCUT2D eigenvalue weighted by molar-refractivity contribution is 5.74. The molecule has 0 rings (SSSR count). The van der Waals surface area contributed by atoms with E-state index in [1.165, 1.54) is 0 Å². The first-order valence-corrected chi connectivity index (χ1v) is 4.18. The monoisotopic (exact) mass is 176 g/mol. The van der Waals surface area contributed by atoms with Crippen molar-refractivity contribution in [3.05, 3.63) is 0 Å². The van der Waals surface area contributed by atoms with Crippen LogP contribution in [0, 0.1) is 0 Å². The molecule has 0 saturated heterocycles. The maximum Gasteiger partial charge on any atom is 0.334 e. The summed E-state index contributed by atoms with van der Waals surface area (Å²) in [5.41, 5.74) is 0. The molecule has 0 heterocycles. The molecule has 12 heavy (non-hydrogen) atoms. The molecule has 0 bridgehead atoms. The number of carbonyl (C=O) groups is 1. The molecule has 0 amide bonds. The number of hydrogen-bond acceptors (Lipinski definition) is 4. The molecule has 1 unspecified atom stereocenters. The zero-order valence-electron chi connectivity index (χ0n) is 7.32. The maximum absolute atomic E-state index is 10.8. The Morgan fingerprint density at radius 3 is 2.67 bits per heavy atom. The summed E-state index contributed by atoms with van der Waals surface area (Å²) in [7, 11) is 0. The van der Waals surface area contributed by atoms with Crippen LogP contribution in [-0.2, 0) is 9.53 Å². The highest BCUT2D eigenvalue weighted by Gasteiger charge is 2.12. The fourth-order valence-corrected chi connectivity index (χ4v) is 0.649. The summed E-state index contributed by atoms with van der Waals surface area (Å²) in [6.45, 7) is 2.09. The van der Waals surface area contributed by atoms with Gasteiger partial charge in [0.1, 0.15) is 0 Å². The molecule has 4 heteroatoms. The Balaban J connectivity index is 3.31. The summed E-state index contributed by atoms with van der Waals surface area (Å²) >= 11 is 0. The Kier molecular flexibility index (Phi) is 6.70. The van der Waals surface area contributed by atoms with E-state index >= 15 is 0 Å². The average molecular weight is 176 g/mol. The van der Waals surface area contributed by atoms with Crippen molar-refractivity contribution in [2.45, 2.75) is 32.3 Å². The number of esters is 1. The van der Waals surface area contributed by atoms with E-state index < -0.39 is 12.1 Å². The predicted octanol–water partition coefficient (Wildman–Crippen LogP) is 0.0730. The van der Waals surface area contributed by atoms with Gasteiger partial charge in [-0.15, -0.1) is 0 Å². The van der Waals surface area contributed by atoms with Gasteiger partial charge in [0, 0.05) is 6.61 Å². The summed E-state index contributed by atoms with van der Waals surface area (Å²) in [6.07, 6.45) is 0.631. The van der Waals surface area contributed by atoms with Crippen molar-refractivity contribution >= 4 is 5.97 Å². The minimum Gasteiger partial charge on any atom is -0.464 e. The fraction of sp³-hybridized carbons (Fsp3) is 0.875. The number of aliphatic hydroxyl groups is 2. The van der Waals surface area contributed by atoms with E-state index in [2.05, 4.69) is 0 Å². The van der Waals surface area contributed by atoms with Gasteiger partial charge in [-0.05, 0) is 19.3 Å². The maximum atomic E-state index is 10.8. The molecule has 0 aliphatic rings. The van der Waals surface area contributed by atoms with Crippen molar-refractivity contribution in [2.75, 3.05) is 13.2 Å². The van der Waals surface area contributed by atoms with E-state index in [0.717, 1.165) is 0 Å². The quantitative estimate of drug-likeness (QED) is 0.444. The van der Waals surface area contributed by atoms with Gasteiger partial charge in [-0.1, -0.05) is 6.92 Å². The van der Waals surface area contributed by atoms with Gasteiger partial charge in [0.25, 0.3) is 0 Å². The SMILES string of the molecule is CCC(O)C(=O)OCCCCO. The van der Waals surface area contributed by atoms with E-state index in [4.69, 9.17) is 14.9 Å². The number of unbranched alkanes of at least 4 members (excludes halogenated alkanes) is 1. The second kappa shape index (κ2) is 7.06. The fourth-order valence-electron chi connectivity index (χ4n) is 0.649. The predicted molar refractivity (Wildman–Crippen MR) is 43.6 cm³/mol. The number of hydrogen-bond donors (Lipinski definition) is 2. The Hall–Kier alpha value is -0.610. The number of ether oxygens (including phenoxy) is 1. The number of aliphatic hydroxyl groups excluding tert-OH is 2. The van der Waals surface area contributed by atoms with Gasteiger partial charge in [-0.25, -0.2) is 4.79 Å². The Morgan fingerprint density at radius 1 is 1.50 bits per heavy atom. The van der Waals surface area contributed by atoms with Crippen molar-refractivity contribution in [1.82, 2.24) is 0 Å².